The topological polar surface area (TPSA) is 33.1 Å². The van der Waals surface area contributed by atoms with Gasteiger partial charge >= 0.3 is 0 Å². The van der Waals surface area contributed by atoms with E-state index in [2.05, 4.69) is 33.0 Å². The number of aromatic nitrogens is 2. The van der Waals surface area contributed by atoms with E-state index in [1.165, 1.54) is 38.0 Å². The van der Waals surface area contributed by atoms with Crippen LogP contribution in [0.1, 0.15) is 38.3 Å². The SMILES string of the molecule is CCCn1nccc1CN1CCC(CCNC)CC1. The zero-order valence-electron chi connectivity index (χ0n) is 12.4. The summed E-state index contributed by atoms with van der Waals surface area (Å²) in [6.45, 7) is 7.96. The minimum absolute atomic E-state index is 0.921. The molecule has 0 radical (unpaired) electrons. The minimum Gasteiger partial charge on any atom is -0.320 e. The van der Waals surface area contributed by atoms with Crippen molar-refractivity contribution < 1.29 is 0 Å². The average Bonchev–Trinajstić information content (AvgIpc) is 2.86. The number of nitrogens with zero attached hydrogens (tertiary/aromatic N) is 3. The Labute approximate surface area is 117 Å². The molecular weight excluding hydrogens is 236 g/mol. The molecule has 108 valence electrons. The summed E-state index contributed by atoms with van der Waals surface area (Å²) < 4.78 is 2.16. The highest BCUT2D eigenvalue weighted by atomic mass is 15.3. The van der Waals surface area contributed by atoms with Crippen molar-refractivity contribution in [2.75, 3.05) is 26.7 Å². The van der Waals surface area contributed by atoms with Crippen molar-refractivity contribution in [3.8, 4) is 0 Å². The molecule has 2 rings (SSSR count). The van der Waals surface area contributed by atoms with Gasteiger partial charge in [-0.15, -0.1) is 0 Å². The molecule has 1 N–H and O–H groups in total. The van der Waals surface area contributed by atoms with E-state index in [-0.39, 0.29) is 0 Å². The van der Waals surface area contributed by atoms with Crippen molar-refractivity contribution in [2.45, 2.75) is 45.7 Å². The highest BCUT2D eigenvalue weighted by molar-refractivity contribution is 5.00. The van der Waals surface area contributed by atoms with Gasteiger partial charge in [0.2, 0.25) is 0 Å². The van der Waals surface area contributed by atoms with Crippen molar-refractivity contribution in [3.05, 3.63) is 18.0 Å². The van der Waals surface area contributed by atoms with Crippen molar-refractivity contribution in [1.82, 2.24) is 20.0 Å². The quantitative estimate of drug-likeness (QED) is 0.819. The number of piperidine rings is 1. The highest BCUT2D eigenvalue weighted by Gasteiger charge is 2.19. The van der Waals surface area contributed by atoms with Crippen LogP contribution in [-0.4, -0.2) is 41.4 Å². The van der Waals surface area contributed by atoms with Crippen molar-refractivity contribution in [2.24, 2.45) is 5.92 Å². The molecule has 1 aliphatic heterocycles. The molecule has 1 aromatic heterocycles. The standard InChI is InChI=1S/C15H28N4/c1-3-10-19-15(5-9-17-19)13-18-11-6-14(7-12-18)4-8-16-2/h5,9,14,16H,3-4,6-8,10-13H2,1-2H3. The second-order valence-corrected chi connectivity index (χ2v) is 5.66. The Morgan fingerprint density at radius 3 is 2.84 bits per heavy atom. The summed E-state index contributed by atoms with van der Waals surface area (Å²) in [5.74, 6) is 0.921. The zero-order chi connectivity index (χ0) is 13.5. The van der Waals surface area contributed by atoms with Gasteiger partial charge in [0.1, 0.15) is 0 Å². The van der Waals surface area contributed by atoms with Crippen LogP contribution in [0.2, 0.25) is 0 Å². The van der Waals surface area contributed by atoms with Crippen LogP contribution in [0.3, 0.4) is 0 Å². The number of hydrogen-bond donors (Lipinski definition) is 1. The summed E-state index contributed by atoms with van der Waals surface area (Å²) in [6, 6.07) is 2.17. The molecule has 19 heavy (non-hydrogen) atoms. The van der Waals surface area contributed by atoms with Gasteiger partial charge in [0.25, 0.3) is 0 Å². The van der Waals surface area contributed by atoms with Gasteiger partial charge in [-0.05, 0) is 64.3 Å². The predicted molar refractivity (Wildman–Crippen MR) is 79.1 cm³/mol. The van der Waals surface area contributed by atoms with E-state index in [4.69, 9.17) is 0 Å². The molecule has 1 saturated heterocycles. The lowest BCUT2D eigenvalue weighted by Gasteiger charge is -2.32. The number of nitrogens with one attached hydrogen (secondary N) is 1. The molecule has 1 aliphatic rings. The van der Waals surface area contributed by atoms with E-state index >= 15 is 0 Å². The molecule has 0 saturated carbocycles. The molecule has 0 amide bonds. The first-order chi connectivity index (χ1) is 9.33. The van der Waals surface area contributed by atoms with E-state index < -0.39 is 0 Å². The molecule has 1 aromatic rings. The maximum absolute atomic E-state index is 4.41. The molecule has 0 aliphatic carbocycles. The predicted octanol–water partition coefficient (Wildman–Crippen LogP) is 2.11. The zero-order valence-corrected chi connectivity index (χ0v) is 12.4. The van der Waals surface area contributed by atoms with Crippen LogP contribution < -0.4 is 5.32 Å². The average molecular weight is 264 g/mol. The van der Waals surface area contributed by atoms with Gasteiger partial charge in [0.15, 0.2) is 0 Å². The molecule has 4 nitrogen and oxygen atoms in total. The molecule has 1 fully saturated rings. The normalized spacial score (nSPS) is 18.0. The van der Waals surface area contributed by atoms with Crippen molar-refractivity contribution in [3.63, 3.8) is 0 Å². The van der Waals surface area contributed by atoms with Gasteiger partial charge in [-0.3, -0.25) is 9.58 Å². The summed E-state index contributed by atoms with van der Waals surface area (Å²) >= 11 is 0. The number of likely N-dealkylation sites (tertiary alicyclic amines) is 1. The van der Waals surface area contributed by atoms with E-state index in [9.17, 15) is 0 Å². The first-order valence-electron chi connectivity index (χ1n) is 7.71. The van der Waals surface area contributed by atoms with Crippen LogP contribution >= 0.6 is 0 Å². The monoisotopic (exact) mass is 264 g/mol. The Kier molecular flexibility index (Phi) is 5.86. The van der Waals surface area contributed by atoms with Gasteiger partial charge in [0, 0.05) is 19.3 Å². The van der Waals surface area contributed by atoms with Crippen molar-refractivity contribution >= 4 is 0 Å². The maximum atomic E-state index is 4.41. The third-order valence-corrected chi connectivity index (χ3v) is 4.14. The van der Waals surface area contributed by atoms with Crippen LogP contribution in [0, 0.1) is 5.92 Å². The lowest BCUT2D eigenvalue weighted by molar-refractivity contribution is 0.168. The Hall–Kier alpha value is -0.870. The molecule has 0 atom stereocenters. The fourth-order valence-corrected chi connectivity index (χ4v) is 2.92. The van der Waals surface area contributed by atoms with Crippen LogP contribution in [0.25, 0.3) is 0 Å². The molecule has 4 heteroatoms. The van der Waals surface area contributed by atoms with E-state index in [1.807, 2.05) is 13.2 Å². The van der Waals surface area contributed by atoms with Crippen LogP contribution in [0.15, 0.2) is 12.3 Å². The molecule has 2 heterocycles. The lowest BCUT2D eigenvalue weighted by Crippen LogP contribution is -2.34. The molecule has 0 aromatic carbocycles. The molecule has 0 bridgehead atoms. The Morgan fingerprint density at radius 1 is 1.37 bits per heavy atom. The summed E-state index contributed by atoms with van der Waals surface area (Å²) in [4.78, 5) is 2.58. The summed E-state index contributed by atoms with van der Waals surface area (Å²) in [6.07, 6.45) is 7.12. The van der Waals surface area contributed by atoms with Gasteiger partial charge < -0.3 is 5.32 Å². The number of hydrogen-bond acceptors (Lipinski definition) is 3. The summed E-state index contributed by atoms with van der Waals surface area (Å²) in [5.41, 5.74) is 1.37. The van der Waals surface area contributed by atoms with Gasteiger partial charge in [-0.25, -0.2) is 0 Å². The van der Waals surface area contributed by atoms with Crippen molar-refractivity contribution in [1.29, 1.82) is 0 Å². The Morgan fingerprint density at radius 2 is 2.16 bits per heavy atom. The molecular formula is C15H28N4. The van der Waals surface area contributed by atoms with Gasteiger partial charge in [0.05, 0.1) is 5.69 Å². The Balaban J connectivity index is 1.77. The van der Waals surface area contributed by atoms with E-state index in [0.717, 1.165) is 32.0 Å². The lowest BCUT2D eigenvalue weighted by atomic mass is 9.93. The second-order valence-electron chi connectivity index (χ2n) is 5.66. The maximum Gasteiger partial charge on any atom is 0.0524 e. The first kappa shape index (κ1) is 14.5. The van der Waals surface area contributed by atoms with Gasteiger partial charge in [-0.1, -0.05) is 6.92 Å². The number of aryl methyl sites for hydroxylation is 1. The van der Waals surface area contributed by atoms with Crippen LogP contribution in [0.5, 0.6) is 0 Å². The smallest absolute Gasteiger partial charge is 0.0524 e. The fourth-order valence-electron chi connectivity index (χ4n) is 2.92. The minimum atomic E-state index is 0.921. The summed E-state index contributed by atoms with van der Waals surface area (Å²) in [7, 11) is 2.05. The highest BCUT2D eigenvalue weighted by Crippen LogP contribution is 2.21. The van der Waals surface area contributed by atoms with Crippen LogP contribution in [0.4, 0.5) is 0 Å². The molecule has 0 spiro atoms. The summed E-state index contributed by atoms with van der Waals surface area (Å²) in [5, 5.41) is 7.67. The van der Waals surface area contributed by atoms with E-state index in [1.54, 1.807) is 0 Å². The third-order valence-electron chi connectivity index (χ3n) is 4.14. The molecule has 0 unspecified atom stereocenters. The fraction of sp³-hybridized carbons (Fsp3) is 0.800. The Bertz CT molecular complexity index is 353. The largest absolute Gasteiger partial charge is 0.320 e. The van der Waals surface area contributed by atoms with Gasteiger partial charge in [-0.2, -0.15) is 5.10 Å². The van der Waals surface area contributed by atoms with Crippen LogP contribution in [-0.2, 0) is 13.1 Å². The third kappa shape index (κ3) is 4.32. The number of rotatable bonds is 7. The van der Waals surface area contributed by atoms with E-state index in [0.29, 0.717) is 0 Å². The first-order valence-corrected chi connectivity index (χ1v) is 7.71. The second kappa shape index (κ2) is 7.65.